The molecule has 112 valence electrons. The van der Waals surface area contributed by atoms with E-state index in [4.69, 9.17) is 0 Å². The van der Waals surface area contributed by atoms with Crippen LogP contribution in [0.2, 0.25) is 0 Å². The van der Waals surface area contributed by atoms with E-state index < -0.39 is 0 Å². The maximum absolute atomic E-state index is 4.66. The number of aromatic nitrogens is 1. The predicted molar refractivity (Wildman–Crippen MR) is 92.9 cm³/mol. The molecule has 2 nitrogen and oxygen atoms in total. The molecule has 0 atom stereocenters. The van der Waals surface area contributed by atoms with Crippen molar-refractivity contribution in [1.82, 2.24) is 9.88 Å². The number of halogens is 1. The third kappa shape index (κ3) is 3.46. The van der Waals surface area contributed by atoms with Gasteiger partial charge >= 0.3 is 0 Å². The number of benzene rings is 1. The lowest BCUT2D eigenvalue weighted by Crippen LogP contribution is -2.40. The molecular weight excluding hydrogens is 324 g/mol. The average Bonchev–Trinajstić information content (AvgIpc) is 2.42. The summed E-state index contributed by atoms with van der Waals surface area (Å²) in [6.45, 7) is 4.34. The summed E-state index contributed by atoms with van der Waals surface area (Å²) >= 11 is 3.57. The van der Waals surface area contributed by atoms with Crippen molar-refractivity contribution < 1.29 is 0 Å². The van der Waals surface area contributed by atoms with Gasteiger partial charge in [0.25, 0.3) is 0 Å². The van der Waals surface area contributed by atoms with Gasteiger partial charge in [-0.25, -0.2) is 0 Å². The molecule has 1 saturated carbocycles. The maximum atomic E-state index is 4.66. The highest BCUT2D eigenvalue weighted by Gasteiger charge is 2.25. The lowest BCUT2D eigenvalue weighted by molar-refractivity contribution is 0.120. The van der Waals surface area contributed by atoms with Crippen LogP contribution in [0.25, 0.3) is 10.9 Å². The van der Waals surface area contributed by atoms with Crippen molar-refractivity contribution in [2.24, 2.45) is 0 Å². The second-order valence-electron chi connectivity index (χ2n) is 6.04. The number of hydrogen-bond acceptors (Lipinski definition) is 2. The first-order valence-electron chi connectivity index (χ1n) is 7.93. The molecule has 0 saturated heterocycles. The summed E-state index contributed by atoms with van der Waals surface area (Å²) in [4.78, 5) is 7.33. The molecule has 21 heavy (non-hydrogen) atoms. The summed E-state index contributed by atoms with van der Waals surface area (Å²) in [6.07, 6.45) is 5.35. The number of fused-ring (bicyclic) bond motifs is 1. The van der Waals surface area contributed by atoms with Gasteiger partial charge in [0.1, 0.15) is 0 Å². The Hall–Kier alpha value is -0.930. The minimum Gasteiger partial charge on any atom is -0.296 e. The summed E-state index contributed by atoms with van der Waals surface area (Å²) < 4.78 is 0. The van der Waals surface area contributed by atoms with Crippen molar-refractivity contribution in [2.45, 2.75) is 45.2 Å². The number of aryl methyl sites for hydroxylation is 1. The molecule has 1 fully saturated rings. The van der Waals surface area contributed by atoms with Crippen molar-refractivity contribution in [3.05, 3.63) is 41.6 Å². The van der Waals surface area contributed by atoms with Crippen LogP contribution in [-0.4, -0.2) is 27.8 Å². The molecule has 1 aliphatic rings. The van der Waals surface area contributed by atoms with Crippen molar-refractivity contribution in [3.63, 3.8) is 0 Å². The molecule has 0 unspecified atom stereocenters. The zero-order chi connectivity index (χ0) is 14.7. The Balaban J connectivity index is 1.87. The Morgan fingerprint density at radius 1 is 1.29 bits per heavy atom. The van der Waals surface area contributed by atoms with Gasteiger partial charge in [0.05, 0.1) is 5.52 Å². The molecule has 0 N–H and O–H groups in total. The molecular formula is C18H23BrN2. The molecule has 3 heteroatoms. The number of alkyl halides is 1. The highest BCUT2D eigenvalue weighted by Crippen LogP contribution is 2.28. The first kappa shape index (κ1) is 15.0. The van der Waals surface area contributed by atoms with Crippen LogP contribution >= 0.6 is 15.9 Å². The summed E-state index contributed by atoms with van der Waals surface area (Å²) in [5.41, 5.74) is 3.68. The fourth-order valence-corrected chi connectivity index (χ4v) is 3.40. The second-order valence-corrected chi connectivity index (χ2v) is 6.83. The first-order chi connectivity index (χ1) is 10.3. The van der Waals surface area contributed by atoms with E-state index in [2.05, 4.69) is 63.1 Å². The van der Waals surface area contributed by atoms with Gasteiger partial charge in [0.2, 0.25) is 0 Å². The van der Waals surface area contributed by atoms with Gasteiger partial charge < -0.3 is 0 Å². The number of pyridine rings is 1. The van der Waals surface area contributed by atoms with E-state index in [0.29, 0.717) is 0 Å². The van der Waals surface area contributed by atoms with Crippen LogP contribution in [0.4, 0.5) is 0 Å². The molecule has 0 amide bonds. The van der Waals surface area contributed by atoms with Crippen LogP contribution in [0.5, 0.6) is 0 Å². The lowest BCUT2D eigenvalue weighted by atomic mass is 9.90. The molecule has 0 aliphatic heterocycles. The van der Waals surface area contributed by atoms with Gasteiger partial charge in [-0.2, -0.15) is 0 Å². The van der Waals surface area contributed by atoms with Crippen molar-refractivity contribution >= 4 is 26.8 Å². The van der Waals surface area contributed by atoms with Crippen LogP contribution in [0.1, 0.15) is 36.9 Å². The van der Waals surface area contributed by atoms with Gasteiger partial charge in [-0.05, 0) is 50.4 Å². The highest BCUT2D eigenvalue weighted by atomic mass is 79.9. The van der Waals surface area contributed by atoms with E-state index in [1.165, 1.54) is 43.2 Å². The van der Waals surface area contributed by atoms with Crippen LogP contribution in [0.15, 0.2) is 30.3 Å². The first-order valence-corrected chi connectivity index (χ1v) is 9.05. The normalized spacial score (nSPS) is 15.6. The maximum Gasteiger partial charge on any atom is 0.0708 e. The number of nitrogens with zero attached hydrogens (tertiary/aromatic N) is 2. The van der Waals surface area contributed by atoms with E-state index >= 15 is 0 Å². The zero-order valence-electron chi connectivity index (χ0n) is 12.7. The quantitative estimate of drug-likeness (QED) is 0.705. The molecule has 3 rings (SSSR count). The largest absolute Gasteiger partial charge is 0.296 e. The van der Waals surface area contributed by atoms with Gasteiger partial charge in [-0.3, -0.25) is 9.88 Å². The molecule has 1 aromatic carbocycles. The van der Waals surface area contributed by atoms with E-state index in [1.54, 1.807) is 0 Å². The van der Waals surface area contributed by atoms with Crippen molar-refractivity contribution in [1.29, 1.82) is 0 Å². The lowest BCUT2D eigenvalue weighted by Gasteiger charge is -2.38. The minimum atomic E-state index is 0.788. The van der Waals surface area contributed by atoms with Crippen molar-refractivity contribution in [2.75, 3.05) is 11.9 Å². The summed E-state index contributed by atoms with van der Waals surface area (Å²) in [7, 11) is 0. The minimum absolute atomic E-state index is 0.788. The molecule has 1 aliphatic carbocycles. The van der Waals surface area contributed by atoms with E-state index in [0.717, 1.165) is 29.1 Å². The Kier molecular flexibility index (Phi) is 4.91. The van der Waals surface area contributed by atoms with Crippen LogP contribution in [-0.2, 0) is 6.54 Å². The molecule has 2 aromatic rings. The fourth-order valence-electron chi connectivity index (χ4n) is 3.15. The number of hydrogen-bond donors (Lipinski definition) is 0. The summed E-state index contributed by atoms with van der Waals surface area (Å²) in [5.74, 6) is 0. The third-order valence-electron chi connectivity index (χ3n) is 4.47. The van der Waals surface area contributed by atoms with Crippen LogP contribution in [0, 0.1) is 6.92 Å². The standard InChI is InChI=1S/C18H23BrN2/c1-14-12-15(17-8-2-3-9-18(17)20-14)13-21(11-5-10-19)16-6-4-7-16/h2-3,8-9,12,16H,4-7,10-11,13H2,1H3. The fraction of sp³-hybridized carbons (Fsp3) is 0.500. The number of para-hydroxylation sites is 1. The van der Waals surface area contributed by atoms with E-state index in [9.17, 15) is 0 Å². The summed E-state index contributed by atoms with van der Waals surface area (Å²) in [6, 6.07) is 11.6. The molecule has 0 radical (unpaired) electrons. The van der Waals surface area contributed by atoms with Crippen LogP contribution in [0.3, 0.4) is 0 Å². The molecule has 0 spiro atoms. The highest BCUT2D eigenvalue weighted by molar-refractivity contribution is 9.09. The SMILES string of the molecule is Cc1cc(CN(CCCBr)C2CCC2)c2ccccc2n1. The monoisotopic (exact) mass is 346 g/mol. The Morgan fingerprint density at radius 3 is 2.81 bits per heavy atom. The predicted octanol–water partition coefficient (Wildman–Crippen LogP) is 4.68. The molecule has 0 bridgehead atoms. The third-order valence-corrected chi connectivity index (χ3v) is 5.03. The second kappa shape index (κ2) is 6.89. The Bertz CT molecular complexity index is 607. The molecule has 1 aromatic heterocycles. The van der Waals surface area contributed by atoms with Gasteiger partial charge in [-0.15, -0.1) is 0 Å². The number of rotatable bonds is 6. The molecule has 1 heterocycles. The van der Waals surface area contributed by atoms with Gasteiger partial charge in [0, 0.05) is 29.0 Å². The van der Waals surface area contributed by atoms with Gasteiger partial charge in [-0.1, -0.05) is 40.5 Å². The van der Waals surface area contributed by atoms with Gasteiger partial charge in [0.15, 0.2) is 0 Å². The smallest absolute Gasteiger partial charge is 0.0708 e. The van der Waals surface area contributed by atoms with E-state index in [-0.39, 0.29) is 0 Å². The Labute approximate surface area is 135 Å². The summed E-state index contributed by atoms with van der Waals surface area (Å²) in [5, 5.41) is 2.40. The topological polar surface area (TPSA) is 16.1 Å². The van der Waals surface area contributed by atoms with E-state index in [1.807, 2.05) is 0 Å². The average molecular weight is 347 g/mol. The van der Waals surface area contributed by atoms with Crippen molar-refractivity contribution in [3.8, 4) is 0 Å². The Morgan fingerprint density at radius 2 is 2.10 bits per heavy atom. The zero-order valence-corrected chi connectivity index (χ0v) is 14.3. The van der Waals surface area contributed by atoms with Crippen LogP contribution < -0.4 is 0 Å².